The van der Waals surface area contributed by atoms with E-state index < -0.39 is 5.60 Å². The van der Waals surface area contributed by atoms with Gasteiger partial charge in [-0.25, -0.2) is 0 Å². The fraction of sp³-hybridized carbons (Fsp3) is 0.900. The summed E-state index contributed by atoms with van der Waals surface area (Å²) < 4.78 is 5.26. The lowest BCUT2D eigenvalue weighted by Crippen LogP contribution is -2.54. The summed E-state index contributed by atoms with van der Waals surface area (Å²) in [4.78, 5) is 13.5. The fourth-order valence-corrected chi connectivity index (χ4v) is 1.47. The molecular formula is C10H19NO3. The molecule has 82 valence electrons. The minimum absolute atomic E-state index is 0.0965. The van der Waals surface area contributed by atoms with Crippen molar-refractivity contribution in [2.45, 2.75) is 38.8 Å². The lowest BCUT2D eigenvalue weighted by molar-refractivity contribution is -0.166. The van der Waals surface area contributed by atoms with Crippen LogP contribution >= 0.6 is 0 Å². The minimum atomic E-state index is -0.419. The highest BCUT2D eigenvalue weighted by molar-refractivity contribution is 5.77. The first-order valence-electron chi connectivity index (χ1n) is 5.02. The molecule has 1 saturated heterocycles. The number of β-amino-alcohol motifs (C(OH)–C–C–N with tert-alkyl or cyclic N) is 1. The van der Waals surface area contributed by atoms with E-state index in [-0.39, 0.29) is 18.6 Å². The summed E-state index contributed by atoms with van der Waals surface area (Å²) in [5, 5.41) is 8.74. The molecule has 0 saturated carbocycles. The molecule has 1 unspecified atom stereocenters. The first-order chi connectivity index (χ1) is 6.44. The third-order valence-electron chi connectivity index (χ3n) is 2.20. The molecule has 0 aliphatic carbocycles. The molecule has 0 bridgehead atoms. The van der Waals surface area contributed by atoms with Crippen molar-refractivity contribution in [2.24, 2.45) is 0 Å². The number of carbonyl (C=O) groups is 1. The average molecular weight is 201 g/mol. The number of aliphatic hydroxyl groups is 1. The second-order valence-corrected chi connectivity index (χ2v) is 4.60. The number of ether oxygens (including phenoxy) is 1. The van der Waals surface area contributed by atoms with Gasteiger partial charge in [0.15, 0.2) is 0 Å². The van der Waals surface area contributed by atoms with Gasteiger partial charge in [-0.3, -0.25) is 9.69 Å². The molecule has 0 radical (unpaired) electrons. The van der Waals surface area contributed by atoms with Crippen LogP contribution in [0.15, 0.2) is 0 Å². The second kappa shape index (κ2) is 4.28. The van der Waals surface area contributed by atoms with Crippen LogP contribution in [0.1, 0.15) is 27.2 Å². The molecule has 1 aliphatic rings. The van der Waals surface area contributed by atoms with Gasteiger partial charge >= 0.3 is 5.97 Å². The standard InChI is InChI=1S/C10H19NO3/c1-10(2,3)14-9(13)8-4-5-11(8)6-7-12/h8,12H,4-7H2,1-3H3. The maximum Gasteiger partial charge on any atom is 0.323 e. The summed E-state index contributed by atoms with van der Waals surface area (Å²) in [5.41, 5.74) is -0.419. The van der Waals surface area contributed by atoms with Crippen molar-refractivity contribution in [2.75, 3.05) is 19.7 Å². The molecule has 1 atom stereocenters. The number of hydrogen-bond acceptors (Lipinski definition) is 4. The van der Waals surface area contributed by atoms with Crippen molar-refractivity contribution in [3.05, 3.63) is 0 Å². The molecule has 14 heavy (non-hydrogen) atoms. The molecule has 0 aromatic heterocycles. The highest BCUT2D eigenvalue weighted by Gasteiger charge is 2.36. The van der Waals surface area contributed by atoms with Crippen molar-refractivity contribution in [1.29, 1.82) is 0 Å². The molecule has 1 aliphatic heterocycles. The van der Waals surface area contributed by atoms with E-state index in [9.17, 15) is 4.79 Å². The molecule has 4 heteroatoms. The Morgan fingerprint density at radius 1 is 1.57 bits per heavy atom. The third-order valence-corrected chi connectivity index (χ3v) is 2.20. The molecule has 1 rings (SSSR count). The Kier molecular flexibility index (Phi) is 3.50. The van der Waals surface area contributed by atoms with Gasteiger partial charge in [-0.1, -0.05) is 0 Å². The fourth-order valence-electron chi connectivity index (χ4n) is 1.47. The maximum atomic E-state index is 11.6. The van der Waals surface area contributed by atoms with Crippen LogP contribution < -0.4 is 0 Å². The number of likely N-dealkylation sites (tertiary alicyclic amines) is 1. The van der Waals surface area contributed by atoms with E-state index in [1.54, 1.807) is 0 Å². The van der Waals surface area contributed by atoms with Crippen LogP contribution in [0.25, 0.3) is 0 Å². The van der Waals surface area contributed by atoms with E-state index >= 15 is 0 Å². The largest absolute Gasteiger partial charge is 0.459 e. The minimum Gasteiger partial charge on any atom is -0.459 e. The van der Waals surface area contributed by atoms with Crippen LogP contribution in [0.2, 0.25) is 0 Å². The van der Waals surface area contributed by atoms with Crippen molar-refractivity contribution < 1.29 is 14.6 Å². The molecule has 0 spiro atoms. The van der Waals surface area contributed by atoms with Gasteiger partial charge in [0.05, 0.1) is 6.61 Å². The van der Waals surface area contributed by atoms with Gasteiger partial charge in [-0.15, -0.1) is 0 Å². The quantitative estimate of drug-likeness (QED) is 0.671. The molecule has 1 heterocycles. The number of aliphatic hydroxyl groups excluding tert-OH is 1. The summed E-state index contributed by atoms with van der Waals surface area (Å²) >= 11 is 0. The van der Waals surface area contributed by atoms with E-state index in [4.69, 9.17) is 9.84 Å². The zero-order valence-corrected chi connectivity index (χ0v) is 9.12. The van der Waals surface area contributed by atoms with E-state index in [1.165, 1.54) is 0 Å². The smallest absolute Gasteiger partial charge is 0.323 e. The van der Waals surface area contributed by atoms with Crippen LogP contribution in [-0.2, 0) is 9.53 Å². The van der Waals surface area contributed by atoms with Crippen molar-refractivity contribution in [1.82, 2.24) is 4.90 Å². The summed E-state index contributed by atoms with van der Waals surface area (Å²) in [7, 11) is 0. The highest BCUT2D eigenvalue weighted by atomic mass is 16.6. The van der Waals surface area contributed by atoms with Crippen molar-refractivity contribution in [3.63, 3.8) is 0 Å². The van der Waals surface area contributed by atoms with Crippen LogP contribution in [0.3, 0.4) is 0 Å². The monoisotopic (exact) mass is 201 g/mol. The summed E-state index contributed by atoms with van der Waals surface area (Å²) in [6, 6.07) is -0.138. The van der Waals surface area contributed by atoms with Gasteiger partial charge in [-0.2, -0.15) is 0 Å². The van der Waals surface area contributed by atoms with E-state index in [1.807, 2.05) is 25.7 Å². The van der Waals surface area contributed by atoms with E-state index in [2.05, 4.69) is 0 Å². The van der Waals surface area contributed by atoms with Crippen LogP contribution in [0.5, 0.6) is 0 Å². The molecule has 4 nitrogen and oxygen atoms in total. The Morgan fingerprint density at radius 2 is 2.21 bits per heavy atom. The predicted molar refractivity (Wildman–Crippen MR) is 52.9 cm³/mol. The highest BCUT2D eigenvalue weighted by Crippen LogP contribution is 2.20. The number of esters is 1. The van der Waals surface area contributed by atoms with Crippen LogP contribution in [-0.4, -0.2) is 47.3 Å². The van der Waals surface area contributed by atoms with Gasteiger partial charge in [0.1, 0.15) is 11.6 Å². The number of hydrogen-bond donors (Lipinski definition) is 1. The molecule has 0 amide bonds. The lowest BCUT2D eigenvalue weighted by atomic mass is 10.0. The van der Waals surface area contributed by atoms with E-state index in [0.717, 1.165) is 13.0 Å². The Bertz CT molecular complexity index is 210. The first kappa shape index (κ1) is 11.5. The number of nitrogens with zero attached hydrogens (tertiary/aromatic N) is 1. The molecule has 0 aromatic carbocycles. The molecule has 1 fully saturated rings. The molecule has 1 N–H and O–H groups in total. The number of rotatable bonds is 3. The van der Waals surface area contributed by atoms with Gasteiger partial charge in [0, 0.05) is 13.1 Å². The summed E-state index contributed by atoms with van der Waals surface area (Å²) in [5.74, 6) is -0.169. The van der Waals surface area contributed by atoms with Crippen molar-refractivity contribution in [3.8, 4) is 0 Å². The summed E-state index contributed by atoms with van der Waals surface area (Å²) in [6.07, 6.45) is 0.842. The number of carbonyl (C=O) groups excluding carboxylic acids is 1. The van der Waals surface area contributed by atoms with Gasteiger partial charge in [0.25, 0.3) is 0 Å². The van der Waals surface area contributed by atoms with Gasteiger partial charge in [-0.05, 0) is 27.2 Å². The van der Waals surface area contributed by atoms with Gasteiger partial charge in [0.2, 0.25) is 0 Å². The maximum absolute atomic E-state index is 11.6. The zero-order chi connectivity index (χ0) is 10.8. The Labute approximate surface area is 84.8 Å². The average Bonchev–Trinajstić information content (AvgIpc) is 1.93. The predicted octanol–water partition coefficient (Wildman–Crippen LogP) is 0.395. The van der Waals surface area contributed by atoms with Crippen molar-refractivity contribution >= 4 is 5.97 Å². The summed E-state index contributed by atoms with van der Waals surface area (Å²) in [6.45, 7) is 7.12. The third kappa shape index (κ3) is 2.96. The van der Waals surface area contributed by atoms with E-state index in [0.29, 0.717) is 6.54 Å². The molecular weight excluding hydrogens is 182 g/mol. The lowest BCUT2D eigenvalue weighted by Gasteiger charge is -2.39. The van der Waals surface area contributed by atoms with Crippen LogP contribution in [0.4, 0.5) is 0 Å². The second-order valence-electron chi connectivity index (χ2n) is 4.60. The first-order valence-corrected chi connectivity index (χ1v) is 5.02. The SMILES string of the molecule is CC(C)(C)OC(=O)C1CCN1CCO. The Hall–Kier alpha value is -0.610. The Morgan fingerprint density at radius 3 is 2.57 bits per heavy atom. The zero-order valence-electron chi connectivity index (χ0n) is 9.12. The van der Waals surface area contributed by atoms with Gasteiger partial charge < -0.3 is 9.84 Å². The van der Waals surface area contributed by atoms with Crippen LogP contribution in [0, 0.1) is 0 Å². The molecule has 0 aromatic rings. The normalized spacial score (nSPS) is 23.0. The Balaban J connectivity index is 2.38. The topological polar surface area (TPSA) is 49.8 Å².